The van der Waals surface area contributed by atoms with Gasteiger partial charge in [-0.15, -0.1) is 0 Å². The summed E-state index contributed by atoms with van der Waals surface area (Å²) >= 11 is 0. The molecule has 1 aromatic heterocycles. The first kappa shape index (κ1) is 19.0. The quantitative estimate of drug-likeness (QED) is 0.550. The number of carbonyl (C=O) groups is 1. The van der Waals surface area contributed by atoms with E-state index >= 15 is 0 Å². The van der Waals surface area contributed by atoms with E-state index in [1.807, 2.05) is 30.3 Å². The molecule has 0 atom stereocenters. The molecule has 0 radical (unpaired) electrons. The van der Waals surface area contributed by atoms with E-state index in [-0.39, 0.29) is 11.0 Å². The van der Waals surface area contributed by atoms with Crippen LogP contribution in [0.2, 0.25) is 0 Å². The van der Waals surface area contributed by atoms with Crippen LogP contribution in [0.5, 0.6) is 0 Å². The highest BCUT2D eigenvalue weighted by Gasteiger charge is 2.14. The van der Waals surface area contributed by atoms with Gasteiger partial charge in [-0.3, -0.25) is 9.59 Å². The monoisotopic (exact) mass is 387 g/mol. The van der Waals surface area contributed by atoms with Gasteiger partial charge in [0.2, 0.25) is 5.43 Å². The minimum absolute atomic E-state index is 0.108. The van der Waals surface area contributed by atoms with E-state index in [1.54, 1.807) is 12.1 Å². The fourth-order valence-corrected chi connectivity index (χ4v) is 3.65. The Hall–Kier alpha value is -3.34. The molecule has 1 amide bonds. The molecule has 0 unspecified atom stereocenters. The zero-order chi connectivity index (χ0) is 20.1. The predicted molar refractivity (Wildman–Crippen MR) is 119 cm³/mol. The summed E-state index contributed by atoms with van der Waals surface area (Å²) in [7, 11) is 0. The van der Waals surface area contributed by atoms with Crippen molar-refractivity contribution in [2.75, 3.05) is 17.2 Å². The first-order valence-electron chi connectivity index (χ1n) is 10.2. The average Bonchev–Trinajstić information content (AvgIpc) is 2.79. The van der Waals surface area contributed by atoms with Crippen LogP contribution in [0.25, 0.3) is 10.9 Å². The molecule has 0 spiro atoms. The van der Waals surface area contributed by atoms with E-state index in [0.29, 0.717) is 11.1 Å². The zero-order valence-electron chi connectivity index (χ0n) is 16.3. The number of allylic oxidation sites excluding steroid dienone is 2. The van der Waals surface area contributed by atoms with Gasteiger partial charge in [0.05, 0.1) is 0 Å². The van der Waals surface area contributed by atoms with Crippen LogP contribution in [0.15, 0.2) is 65.6 Å². The SMILES string of the molecule is O=C(Nc1ccc2c(c1)NCCCCC/C=C\C2)c1c[nH]c2ccccc2c1=O. The molecule has 3 aromatic rings. The van der Waals surface area contributed by atoms with Crippen molar-refractivity contribution in [2.24, 2.45) is 0 Å². The highest BCUT2D eigenvalue weighted by atomic mass is 16.2. The van der Waals surface area contributed by atoms with Crippen molar-refractivity contribution in [1.29, 1.82) is 0 Å². The molecule has 148 valence electrons. The third kappa shape index (κ3) is 4.40. The normalized spacial score (nSPS) is 15.6. The third-order valence-corrected chi connectivity index (χ3v) is 5.27. The lowest BCUT2D eigenvalue weighted by atomic mass is 10.1. The number of carbonyl (C=O) groups excluding carboxylic acids is 1. The molecule has 0 saturated heterocycles. The topological polar surface area (TPSA) is 74.0 Å². The maximum Gasteiger partial charge on any atom is 0.261 e. The van der Waals surface area contributed by atoms with E-state index in [0.717, 1.165) is 37.0 Å². The molecular weight excluding hydrogens is 362 g/mol. The number of hydrogen-bond acceptors (Lipinski definition) is 3. The number of hydrogen-bond donors (Lipinski definition) is 3. The van der Waals surface area contributed by atoms with Crippen molar-refractivity contribution in [1.82, 2.24) is 4.98 Å². The highest BCUT2D eigenvalue weighted by Crippen LogP contribution is 2.23. The number of fused-ring (bicyclic) bond motifs is 2. The van der Waals surface area contributed by atoms with Gasteiger partial charge in [0.25, 0.3) is 5.91 Å². The largest absolute Gasteiger partial charge is 0.385 e. The Morgan fingerprint density at radius 1 is 1.00 bits per heavy atom. The summed E-state index contributed by atoms with van der Waals surface area (Å²) in [6.07, 6.45) is 11.5. The number of nitrogens with one attached hydrogen (secondary N) is 3. The van der Waals surface area contributed by atoms with Crippen molar-refractivity contribution in [2.45, 2.75) is 32.1 Å². The smallest absolute Gasteiger partial charge is 0.261 e. The predicted octanol–water partition coefficient (Wildman–Crippen LogP) is 4.87. The van der Waals surface area contributed by atoms with E-state index in [1.165, 1.54) is 24.6 Å². The fourth-order valence-electron chi connectivity index (χ4n) is 3.65. The van der Waals surface area contributed by atoms with Gasteiger partial charge in [-0.05, 0) is 55.5 Å². The first-order valence-corrected chi connectivity index (χ1v) is 10.2. The standard InChI is InChI=1S/C24H25N3O2/c28-23-19-10-6-7-11-21(19)26-16-20(23)24(29)27-18-13-12-17-9-5-3-1-2-4-8-14-25-22(17)15-18/h3,5-7,10-13,15-16,25H,1-2,4,8-9,14H2,(H,26,28)(H,27,29)/b5-3-. The molecule has 0 saturated carbocycles. The van der Waals surface area contributed by atoms with Crippen LogP contribution >= 0.6 is 0 Å². The van der Waals surface area contributed by atoms with E-state index in [9.17, 15) is 9.59 Å². The Morgan fingerprint density at radius 2 is 1.90 bits per heavy atom. The fraction of sp³-hybridized carbons (Fsp3) is 0.250. The number of H-pyrrole nitrogens is 1. The minimum atomic E-state index is -0.409. The van der Waals surface area contributed by atoms with Crippen LogP contribution in [0.3, 0.4) is 0 Å². The summed E-state index contributed by atoms with van der Waals surface area (Å²) in [6.45, 7) is 0.911. The molecule has 1 aliphatic rings. The molecule has 1 aliphatic heterocycles. The van der Waals surface area contributed by atoms with E-state index < -0.39 is 5.91 Å². The minimum Gasteiger partial charge on any atom is -0.385 e. The molecule has 29 heavy (non-hydrogen) atoms. The molecule has 3 N–H and O–H groups in total. The lowest BCUT2D eigenvalue weighted by Gasteiger charge is -2.14. The van der Waals surface area contributed by atoms with E-state index in [4.69, 9.17) is 0 Å². The average molecular weight is 387 g/mol. The van der Waals surface area contributed by atoms with Crippen molar-refractivity contribution in [3.63, 3.8) is 0 Å². The van der Waals surface area contributed by atoms with Gasteiger partial charge in [0.1, 0.15) is 5.56 Å². The number of aromatic nitrogens is 1. The molecule has 4 rings (SSSR count). The molecule has 5 nitrogen and oxygen atoms in total. The van der Waals surface area contributed by atoms with Gasteiger partial charge < -0.3 is 15.6 Å². The summed E-state index contributed by atoms with van der Waals surface area (Å²) in [4.78, 5) is 28.5. The maximum atomic E-state index is 12.8. The zero-order valence-corrected chi connectivity index (χ0v) is 16.3. The number of aromatic amines is 1. The van der Waals surface area contributed by atoms with Gasteiger partial charge in [-0.25, -0.2) is 0 Å². The molecular formula is C24H25N3O2. The molecule has 0 fully saturated rings. The molecule has 0 aliphatic carbocycles. The Labute approximate surface area is 169 Å². The molecule has 5 heteroatoms. The second-order valence-electron chi connectivity index (χ2n) is 7.35. The van der Waals surface area contributed by atoms with Crippen molar-refractivity contribution >= 4 is 28.2 Å². The van der Waals surface area contributed by atoms with Gasteiger partial charge in [0.15, 0.2) is 0 Å². The number of anilines is 2. The van der Waals surface area contributed by atoms with Crippen LogP contribution in [-0.2, 0) is 6.42 Å². The van der Waals surface area contributed by atoms with Gasteiger partial charge in [0, 0.05) is 35.0 Å². The van der Waals surface area contributed by atoms with Gasteiger partial charge >= 0.3 is 0 Å². The lowest BCUT2D eigenvalue weighted by molar-refractivity contribution is 0.102. The van der Waals surface area contributed by atoms with Crippen LogP contribution in [0, 0.1) is 0 Å². The Bertz CT molecular complexity index is 1110. The van der Waals surface area contributed by atoms with Crippen molar-refractivity contribution < 1.29 is 4.79 Å². The summed E-state index contributed by atoms with van der Waals surface area (Å²) in [5, 5.41) is 6.88. The number of benzene rings is 2. The molecule has 2 heterocycles. The van der Waals surface area contributed by atoms with Crippen LogP contribution in [0.4, 0.5) is 11.4 Å². The second-order valence-corrected chi connectivity index (χ2v) is 7.35. The number of amides is 1. The third-order valence-electron chi connectivity index (χ3n) is 5.27. The summed E-state index contributed by atoms with van der Waals surface area (Å²) in [5.41, 5.74) is 3.46. The molecule has 2 aromatic carbocycles. The number of pyridine rings is 1. The summed E-state index contributed by atoms with van der Waals surface area (Å²) in [6, 6.07) is 13.1. The maximum absolute atomic E-state index is 12.8. The Morgan fingerprint density at radius 3 is 2.83 bits per heavy atom. The first-order chi connectivity index (χ1) is 14.2. The van der Waals surface area contributed by atoms with E-state index in [2.05, 4.69) is 27.8 Å². The number of para-hydroxylation sites is 1. The van der Waals surface area contributed by atoms with Crippen molar-refractivity contribution in [3.8, 4) is 0 Å². The molecule has 0 bridgehead atoms. The second kappa shape index (κ2) is 8.78. The highest BCUT2D eigenvalue weighted by molar-refractivity contribution is 6.05. The summed E-state index contributed by atoms with van der Waals surface area (Å²) < 4.78 is 0. The Kier molecular flexibility index (Phi) is 5.75. The summed E-state index contributed by atoms with van der Waals surface area (Å²) in [5.74, 6) is -0.409. The number of rotatable bonds is 2. The lowest BCUT2D eigenvalue weighted by Crippen LogP contribution is -2.22. The van der Waals surface area contributed by atoms with Gasteiger partial charge in [-0.1, -0.05) is 36.8 Å². The van der Waals surface area contributed by atoms with Crippen LogP contribution in [-0.4, -0.2) is 17.4 Å². The van der Waals surface area contributed by atoms with Gasteiger partial charge in [-0.2, -0.15) is 0 Å². The van der Waals surface area contributed by atoms with Crippen LogP contribution in [0.1, 0.15) is 41.6 Å². The van der Waals surface area contributed by atoms with Crippen molar-refractivity contribution in [3.05, 3.63) is 82.2 Å². The Balaban J connectivity index is 1.58. The van der Waals surface area contributed by atoms with Crippen LogP contribution < -0.4 is 16.1 Å².